The minimum absolute atomic E-state index is 0.882. The summed E-state index contributed by atoms with van der Waals surface area (Å²) < 4.78 is 0. The Hall–Kier alpha value is -3.40. The van der Waals surface area contributed by atoms with E-state index in [1.807, 2.05) is 0 Å². The summed E-state index contributed by atoms with van der Waals surface area (Å²) in [4.78, 5) is 9.14. The summed E-state index contributed by atoms with van der Waals surface area (Å²) in [5.74, 6) is 0. The Morgan fingerprint density at radius 1 is 0.690 bits per heavy atom. The Bertz CT molecular complexity index is 1060. The Morgan fingerprint density at radius 2 is 1.38 bits per heavy atom. The minimum atomic E-state index is 0.882. The molecule has 0 saturated heterocycles. The quantitative estimate of drug-likeness (QED) is 0.629. The molecule has 4 heteroatoms. The van der Waals surface area contributed by atoms with Gasteiger partial charge in [-0.1, -0.05) is 36.4 Å². The summed E-state index contributed by atoms with van der Waals surface area (Å²) >= 11 is 0. The maximum atomic E-state index is 2.39. The van der Waals surface area contributed by atoms with E-state index in [2.05, 4.69) is 119 Å². The van der Waals surface area contributed by atoms with Gasteiger partial charge in [-0.05, 0) is 53.9 Å². The fraction of sp³-hybridized carbons (Fsp3) is 0.200. The molecule has 2 heterocycles. The van der Waals surface area contributed by atoms with E-state index in [-0.39, 0.29) is 0 Å². The molecule has 4 nitrogen and oxygen atoms in total. The number of hydrogen-bond donors (Lipinski definition) is 0. The van der Waals surface area contributed by atoms with Crippen LogP contribution in [-0.2, 0) is 6.42 Å². The zero-order valence-corrected chi connectivity index (χ0v) is 17.0. The van der Waals surface area contributed by atoms with E-state index in [1.165, 1.54) is 33.9 Å². The van der Waals surface area contributed by atoms with Gasteiger partial charge in [-0.15, -0.1) is 0 Å². The topological polar surface area (TPSA) is 13.0 Å². The lowest BCUT2D eigenvalue weighted by atomic mass is 10.0. The van der Waals surface area contributed by atoms with Crippen LogP contribution >= 0.6 is 0 Å². The molecule has 3 aromatic carbocycles. The minimum Gasteiger partial charge on any atom is -0.361 e. The SMILES string of the molecule is CN1C=CN(c2cccc(Cc3cccc(N4CN(C)c5ccccc54)c3)c2)C1. The van der Waals surface area contributed by atoms with Crippen LogP contribution in [0, 0.1) is 0 Å². The third-order valence-corrected chi connectivity index (χ3v) is 5.69. The van der Waals surface area contributed by atoms with Gasteiger partial charge in [0.25, 0.3) is 0 Å². The van der Waals surface area contributed by atoms with Gasteiger partial charge in [0.05, 0.1) is 24.7 Å². The van der Waals surface area contributed by atoms with Crippen molar-refractivity contribution >= 4 is 22.7 Å². The summed E-state index contributed by atoms with van der Waals surface area (Å²) in [6, 6.07) is 26.4. The maximum Gasteiger partial charge on any atom is 0.0950 e. The van der Waals surface area contributed by atoms with Crippen LogP contribution in [0.3, 0.4) is 0 Å². The summed E-state index contributed by atoms with van der Waals surface area (Å²) in [6.45, 7) is 1.79. The van der Waals surface area contributed by atoms with Gasteiger partial charge in [-0.3, -0.25) is 0 Å². The van der Waals surface area contributed by atoms with Crippen LogP contribution in [-0.4, -0.2) is 32.3 Å². The molecule has 0 unspecified atom stereocenters. The number of benzene rings is 3. The smallest absolute Gasteiger partial charge is 0.0950 e. The van der Waals surface area contributed by atoms with Gasteiger partial charge in [0.1, 0.15) is 0 Å². The molecule has 0 N–H and O–H groups in total. The molecule has 0 fully saturated rings. The van der Waals surface area contributed by atoms with Crippen LogP contribution < -0.4 is 14.7 Å². The molecule has 0 aromatic heterocycles. The average molecular weight is 383 g/mol. The lowest BCUT2D eigenvalue weighted by Gasteiger charge is -2.21. The standard InChI is InChI=1S/C25H26N4/c1-26-13-14-28(18-26)22-9-5-7-20(16-22)15-21-8-6-10-23(17-21)29-19-27(2)24-11-3-4-12-25(24)29/h3-14,16-17H,15,18-19H2,1-2H3. The number of rotatable bonds is 4. The molecular formula is C25H26N4. The summed E-state index contributed by atoms with van der Waals surface area (Å²) in [6.07, 6.45) is 5.18. The molecule has 0 saturated carbocycles. The van der Waals surface area contributed by atoms with Gasteiger partial charge in [0.15, 0.2) is 0 Å². The predicted octanol–water partition coefficient (Wildman–Crippen LogP) is 5.00. The highest BCUT2D eigenvalue weighted by Crippen LogP contribution is 2.39. The number of fused-ring (bicyclic) bond motifs is 1. The van der Waals surface area contributed by atoms with E-state index < -0.39 is 0 Å². The summed E-state index contributed by atoms with van der Waals surface area (Å²) in [7, 11) is 4.25. The molecule has 0 bridgehead atoms. The lowest BCUT2D eigenvalue weighted by Crippen LogP contribution is -2.24. The molecule has 0 radical (unpaired) electrons. The molecule has 0 spiro atoms. The maximum absolute atomic E-state index is 2.39. The fourth-order valence-electron chi connectivity index (χ4n) is 4.21. The van der Waals surface area contributed by atoms with Gasteiger partial charge < -0.3 is 19.6 Å². The van der Waals surface area contributed by atoms with Crippen LogP contribution in [0.5, 0.6) is 0 Å². The van der Waals surface area contributed by atoms with Crippen molar-refractivity contribution in [3.8, 4) is 0 Å². The molecule has 146 valence electrons. The fourth-order valence-corrected chi connectivity index (χ4v) is 4.21. The van der Waals surface area contributed by atoms with Crippen LogP contribution in [0.1, 0.15) is 11.1 Å². The van der Waals surface area contributed by atoms with Crippen LogP contribution in [0.2, 0.25) is 0 Å². The highest BCUT2D eigenvalue weighted by molar-refractivity contribution is 5.82. The molecular weight excluding hydrogens is 356 g/mol. The highest BCUT2D eigenvalue weighted by atomic mass is 15.4. The highest BCUT2D eigenvalue weighted by Gasteiger charge is 2.23. The zero-order chi connectivity index (χ0) is 19.8. The Kier molecular flexibility index (Phi) is 4.39. The first-order valence-electron chi connectivity index (χ1n) is 10.1. The third kappa shape index (κ3) is 3.42. The normalized spacial score (nSPS) is 15.4. The Labute approximate surface area is 172 Å². The summed E-state index contributed by atoms with van der Waals surface area (Å²) in [5.41, 5.74) is 7.73. The van der Waals surface area contributed by atoms with Gasteiger partial charge in [-0.25, -0.2) is 0 Å². The monoisotopic (exact) mass is 382 g/mol. The lowest BCUT2D eigenvalue weighted by molar-refractivity contribution is 0.495. The zero-order valence-electron chi connectivity index (χ0n) is 17.0. The van der Waals surface area contributed by atoms with E-state index >= 15 is 0 Å². The number of nitrogens with zero attached hydrogens (tertiary/aromatic N) is 4. The van der Waals surface area contributed by atoms with Crippen LogP contribution in [0.25, 0.3) is 0 Å². The van der Waals surface area contributed by atoms with E-state index in [0.717, 1.165) is 19.8 Å². The predicted molar refractivity (Wildman–Crippen MR) is 122 cm³/mol. The first-order chi connectivity index (χ1) is 14.2. The van der Waals surface area contributed by atoms with E-state index in [0.29, 0.717) is 0 Å². The van der Waals surface area contributed by atoms with E-state index in [4.69, 9.17) is 0 Å². The first-order valence-corrected chi connectivity index (χ1v) is 10.1. The van der Waals surface area contributed by atoms with Crippen molar-refractivity contribution in [2.45, 2.75) is 6.42 Å². The van der Waals surface area contributed by atoms with Crippen LogP contribution in [0.15, 0.2) is 85.2 Å². The van der Waals surface area contributed by atoms with Gasteiger partial charge >= 0.3 is 0 Å². The van der Waals surface area contributed by atoms with E-state index in [9.17, 15) is 0 Å². The largest absolute Gasteiger partial charge is 0.361 e. The average Bonchev–Trinajstić information content (AvgIpc) is 3.32. The molecule has 5 rings (SSSR count). The van der Waals surface area contributed by atoms with Crippen molar-refractivity contribution in [1.82, 2.24) is 4.90 Å². The molecule has 2 aliphatic rings. The summed E-state index contributed by atoms with van der Waals surface area (Å²) in [5, 5.41) is 0. The Balaban J connectivity index is 1.38. The molecule has 0 atom stereocenters. The molecule has 3 aromatic rings. The molecule has 29 heavy (non-hydrogen) atoms. The van der Waals surface area contributed by atoms with Crippen molar-refractivity contribution in [3.63, 3.8) is 0 Å². The second kappa shape index (κ2) is 7.21. The molecule has 0 amide bonds. The second-order valence-corrected chi connectivity index (χ2v) is 7.94. The van der Waals surface area contributed by atoms with Crippen LogP contribution in [0.4, 0.5) is 22.7 Å². The second-order valence-electron chi connectivity index (χ2n) is 7.94. The number of anilines is 4. The van der Waals surface area contributed by atoms with Crippen molar-refractivity contribution in [2.24, 2.45) is 0 Å². The third-order valence-electron chi connectivity index (χ3n) is 5.69. The molecule has 2 aliphatic heterocycles. The van der Waals surface area contributed by atoms with Gasteiger partial charge in [-0.2, -0.15) is 0 Å². The number of hydrogen-bond acceptors (Lipinski definition) is 4. The first kappa shape index (κ1) is 17.7. The molecule has 0 aliphatic carbocycles. The Morgan fingerprint density at radius 3 is 2.10 bits per heavy atom. The van der Waals surface area contributed by atoms with Crippen molar-refractivity contribution in [3.05, 3.63) is 96.3 Å². The van der Waals surface area contributed by atoms with Crippen molar-refractivity contribution < 1.29 is 0 Å². The number of para-hydroxylation sites is 2. The van der Waals surface area contributed by atoms with E-state index in [1.54, 1.807) is 0 Å². The van der Waals surface area contributed by atoms with Crippen molar-refractivity contribution in [1.29, 1.82) is 0 Å². The van der Waals surface area contributed by atoms with Gasteiger partial charge in [0.2, 0.25) is 0 Å². The van der Waals surface area contributed by atoms with Crippen molar-refractivity contribution in [2.75, 3.05) is 42.1 Å². The van der Waals surface area contributed by atoms with Gasteiger partial charge in [0, 0.05) is 37.9 Å².